The number of carboxylic acid groups (broad SMARTS) is 1. The van der Waals surface area contributed by atoms with Crippen molar-refractivity contribution in [2.45, 2.75) is 37.0 Å². The highest BCUT2D eigenvalue weighted by molar-refractivity contribution is 7.99. The maximum absolute atomic E-state index is 11.9. The topological polar surface area (TPSA) is 92.2 Å². The number of aromatic amines is 1. The molecule has 19 heavy (non-hydrogen) atoms. The Morgan fingerprint density at radius 3 is 2.74 bits per heavy atom. The average Bonchev–Trinajstić information content (AvgIpc) is 2.38. The second kappa shape index (κ2) is 5.64. The lowest BCUT2D eigenvalue weighted by molar-refractivity contribution is 0.0693. The van der Waals surface area contributed by atoms with E-state index < -0.39 is 17.2 Å². The molecule has 0 aliphatic heterocycles. The third-order valence-corrected chi connectivity index (χ3v) is 4.68. The highest BCUT2D eigenvalue weighted by Crippen LogP contribution is 2.34. The van der Waals surface area contributed by atoms with Gasteiger partial charge < -0.3 is 5.11 Å². The van der Waals surface area contributed by atoms with Gasteiger partial charge in [-0.25, -0.2) is 9.59 Å². The Kier molecular flexibility index (Phi) is 4.14. The van der Waals surface area contributed by atoms with Crippen molar-refractivity contribution in [1.82, 2.24) is 9.55 Å². The molecular formula is C12H16N2O4S. The van der Waals surface area contributed by atoms with Gasteiger partial charge in [-0.1, -0.05) is 12.8 Å². The molecule has 2 rings (SSSR count). The lowest BCUT2D eigenvalue weighted by Crippen LogP contribution is -2.39. The SMILES string of the molecule is CSC1CCCCC1n1cc(C(=O)O)c(=O)[nH]c1=O. The van der Waals surface area contributed by atoms with E-state index in [-0.39, 0.29) is 16.9 Å². The Balaban J connectivity index is 2.49. The predicted molar refractivity (Wildman–Crippen MR) is 73.1 cm³/mol. The van der Waals surface area contributed by atoms with E-state index >= 15 is 0 Å². The Hall–Kier alpha value is -1.50. The van der Waals surface area contributed by atoms with E-state index in [1.54, 1.807) is 11.8 Å². The predicted octanol–water partition coefficient (Wildman–Crippen LogP) is 1.08. The van der Waals surface area contributed by atoms with Crippen LogP contribution in [0.1, 0.15) is 42.1 Å². The third kappa shape index (κ3) is 2.75. The molecule has 1 saturated carbocycles. The van der Waals surface area contributed by atoms with Crippen molar-refractivity contribution in [3.8, 4) is 0 Å². The summed E-state index contributed by atoms with van der Waals surface area (Å²) < 4.78 is 1.38. The van der Waals surface area contributed by atoms with Crippen LogP contribution >= 0.6 is 11.8 Å². The summed E-state index contributed by atoms with van der Waals surface area (Å²) in [5.74, 6) is -1.31. The zero-order valence-corrected chi connectivity index (χ0v) is 11.4. The van der Waals surface area contributed by atoms with Gasteiger partial charge in [0.05, 0.1) is 0 Å². The number of carbonyl (C=O) groups is 1. The van der Waals surface area contributed by atoms with E-state index in [1.807, 2.05) is 6.26 Å². The van der Waals surface area contributed by atoms with Gasteiger partial charge in [0.2, 0.25) is 0 Å². The van der Waals surface area contributed by atoms with Crippen LogP contribution in [-0.2, 0) is 0 Å². The van der Waals surface area contributed by atoms with Gasteiger partial charge in [0, 0.05) is 17.5 Å². The van der Waals surface area contributed by atoms with Crippen LogP contribution in [0.5, 0.6) is 0 Å². The molecule has 0 amide bonds. The van der Waals surface area contributed by atoms with Crippen LogP contribution in [0, 0.1) is 0 Å². The molecular weight excluding hydrogens is 268 g/mol. The van der Waals surface area contributed by atoms with Crippen LogP contribution in [-0.4, -0.2) is 32.1 Å². The van der Waals surface area contributed by atoms with Gasteiger partial charge in [0.15, 0.2) is 0 Å². The quantitative estimate of drug-likeness (QED) is 0.866. The highest BCUT2D eigenvalue weighted by atomic mass is 32.2. The maximum Gasteiger partial charge on any atom is 0.342 e. The standard InChI is InChI=1S/C12H16N2O4S/c1-19-9-5-3-2-4-8(9)14-6-7(11(16)17)10(15)13-12(14)18/h6,8-9H,2-5H2,1H3,(H,16,17)(H,13,15,18). The monoisotopic (exact) mass is 284 g/mol. The van der Waals surface area contributed by atoms with Crippen molar-refractivity contribution in [2.24, 2.45) is 0 Å². The van der Waals surface area contributed by atoms with Crippen molar-refractivity contribution in [3.63, 3.8) is 0 Å². The third-order valence-electron chi connectivity index (χ3n) is 3.53. The number of carboxylic acids is 1. The molecule has 0 saturated heterocycles. The molecule has 104 valence electrons. The number of nitrogens with one attached hydrogen (secondary N) is 1. The molecule has 7 heteroatoms. The first-order chi connectivity index (χ1) is 9.04. The van der Waals surface area contributed by atoms with Crippen molar-refractivity contribution in [2.75, 3.05) is 6.26 Å². The number of thioether (sulfide) groups is 1. The first-order valence-corrected chi connectivity index (χ1v) is 7.45. The number of H-pyrrole nitrogens is 1. The zero-order chi connectivity index (χ0) is 14.0. The van der Waals surface area contributed by atoms with Crippen LogP contribution < -0.4 is 11.2 Å². The fraction of sp³-hybridized carbons (Fsp3) is 0.583. The Labute approximate surface area is 113 Å². The lowest BCUT2D eigenvalue weighted by atomic mass is 9.94. The van der Waals surface area contributed by atoms with Crippen molar-refractivity contribution in [3.05, 3.63) is 32.6 Å². The lowest BCUT2D eigenvalue weighted by Gasteiger charge is -2.31. The summed E-state index contributed by atoms with van der Waals surface area (Å²) in [6.45, 7) is 0. The minimum Gasteiger partial charge on any atom is -0.477 e. The zero-order valence-electron chi connectivity index (χ0n) is 10.6. The summed E-state index contributed by atoms with van der Waals surface area (Å²) in [6, 6.07) is -0.0498. The van der Waals surface area contributed by atoms with Gasteiger partial charge in [0.1, 0.15) is 5.56 Å². The normalized spacial score (nSPS) is 23.2. The molecule has 6 nitrogen and oxygen atoms in total. The van der Waals surface area contributed by atoms with Gasteiger partial charge in [-0.3, -0.25) is 14.3 Å². The highest BCUT2D eigenvalue weighted by Gasteiger charge is 2.27. The molecule has 1 aliphatic rings. The summed E-state index contributed by atoms with van der Waals surface area (Å²) in [7, 11) is 0. The molecule has 0 bridgehead atoms. The molecule has 0 radical (unpaired) electrons. The first-order valence-electron chi connectivity index (χ1n) is 6.16. The number of rotatable bonds is 3. The van der Waals surface area contributed by atoms with Gasteiger partial charge in [0.25, 0.3) is 5.56 Å². The van der Waals surface area contributed by atoms with Crippen molar-refractivity contribution < 1.29 is 9.90 Å². The van der Waals surface area contributed by atoms with Crippen molar-refractivity contribution >= 4 is 17.7 Å². The number of hydrogen-bond donors (Lipinski definition) is 2. The number of hydrogen-bond acceptors (Lipinski definition) is 4. The molecule has 1 aliphatic carbocycles. The summed E-state index contributed by atoms with van der Waals surface area (Å²) in [5, 5.41) is 9.24. The van der Waals surface area contributed by atoms with E-state index in [0.29, 0.717) is 0 Å². The first kappa shape index (κ1) is 13.9. The molecule has 1 heterocycles. The van der Waals surface area contributed by atoms with E-state index in [4.69, 9.17) is 5.11 Å². The summed E-state index contributed by atoms with van der Waals surface area (Å²) in [5.41, 5.74) is -1.75. The minimum absolute atomic E-state index is 0.0498. The average molecular weight is 284 g/mol. The molecule has 2 unspecified atom stereocenters. The van der Waals surface area contributed by atoms with Crippen LogP contribution in [0.25, 0.3) is 0 Å². The fourth-order valence-corrected chi connectivity index (χ4v) is 3.54. The van der Waals surface area contributed by atoms with Gasteiger partial charge in [-0.2, -0.15) is 11.8 Å². The fourth-order valence-electron chi connectivity index (χ4n) is 2.55. The smallest absolute Gasteiger partial charge is 0.342 e. The Morgan fingerprint density at radius 1 is 1.42 bits per heavy atom. The largest absolute Gasteiger partial charge is 0.477 e. The molecule has 1 aromatic rings. The Morgan fingerprint density at radius 2 is 2.11 bits per heavy atom. The van der Waals surface area contributed by atoms with Crippen molar-refractivity contribution in [1.29, 1.82) is 0 Å². The van der Waals surface area contributed by atoms with Crippen LogP contribution in [0.4, 0.5) is 0 Å². The minimum atomic E-state index is -1.31. The molecule has 1 fully saturated rings. The molecule has 0 aromatic carbocycles. The summed E-state index contributed by atoms with van der Waals surface area (Å²) in [4.78, 5) is 36.4. The molecule has 1 aromatic heterocycles. The number of aromatic nitrogens is 2. The summed E-state index contributed by atoms with van der Waals surface area (Å²) >= 11 is 1.68. The molecule has 2 atom stereocenters. The van der Waals surface area contributed by atoms with Crippen LogP contribution in [0.2, 0.25) is 0 Å². The van der Waals surface area contributed by atoms with Gasteiger partial charge >= 0.3 is 11.7 Å². The molecule has 0 spiro atoms. The van der Waals surface area contributed by atoms with Gasteiger partial charge in [-0.05, 0) is 19.1 Å². The second-order valence-corrected chi connectivity index (χ2v) is 5.72. The number of nitrogens with zero attached hydrogens (tertiary/aromatic N) is 1. The van der Waals surface area contributed by atoms with Gasteiger partial charge in [-0.15, -0.1) is 0 Å². The summed E-state index contributed by atoms with van der Waals surface area (Å²) in [6.07, 6.45) is 7.12. The van der Waals surface area contributed by atoms with E-state index in [0.717, 1.165) is 25.7 Å². The maximum atomic E-state index is 11.9. The van der Waals surface area contributed by atoms with Crippen LogP contribution in [0.3, 0.4) is 0 Å². The van der Waals surface area contributed by atoms with E-state index in [9.17, 15) is 14.4 Å². The van der Waals surface area contributed by atoms with Crippen LogP contribution in [0.15, 0.2) is 15.8 Å². The molecule has 2 N–H and O–H groups in total. The van der Waals surface area contributed by atoms with E-state index in [1.165, 1.54) is 10.8 Å². The number of aromatic carboxylic acids is 1. The van der Waals surface area contributed by atoms with E-state index in [2.05, 4.69) is 4.98 Å². The second-order valence-electron chi connectivity index (χ2n) is 4.64. The Bertz CT molecular complexity index is 592.